The predicted molar refractivity (Wildman–Crippen MR) is 103 cm³/mol. The van der Waals surface area contributed by atoms with Crippen LogP contribution < -0.4 is 9.64 Å². The number of anilines is 3. The molecule has 0 aromatic heterocycles. The summed E-state index contributed by atoms with van der Waals surface area (Å²) < 4.78 is 7.29. The second kappa shape index (κ2) is 5.57. The van der Waals surface area contributed by atoms with Gasteiger partial charge in [-0.25, -0.2) is 0 Å². The molecule has 4 rings (SSSR count). The molecule has 0 aliphatic carbocycles. The molecule has 0 unspecified atom stereocenters. The number of rotatable bonds is 1. The van der Waals surface area contributed by atoms with E-state index < -0.39 is 0 Å². The van der Waals surface area contributed by atoms with Crippen LogP contribution in [0.5, 0.6) is 11.5 Å². The molecule has 0 amide bonds. The fraction of sp³-hybridized carbons (Fsp3) is 0.100. The number of para-hydroxylation sites is 2. The van der Waals surface area contributed by atoms with Crippen molar-refractivity contribution in [1.29, 1.82) is 0 Å². The average molecular weight is 413 g/mol. The van der Waals surface area contributed by atoms with Gasteiger partial charge in [0.15, 0.2) is 11.5 Å². The highest BCUT2D eigenvalue weighted by molar-refractivity contribution is 14.1. The van der Waals surface area contributed by atoms with Crippen molar-refractivity contribution in [1.82, 2.24) is 0 Å². The van der Waals surface area contributed by atoms with Crippen molar-refractivity contribution in [3.8, 4) is 11.5 Å². The molecule has 0 bridgehead atoms. The first-order valence-electron chi connectivity index (χ1n) is 7.57. The van der Waals surface area contributed by atoms with Crippen LogP contribution in [0.15, 0.2) is 60.7 Å². The van der Waals surface area contributed by atoms with E-state index in [9.17, 15) is 0 Å². The zero-order valence-electron chi connectivity index (χ0n) is 13.0. The lowest BCUT2D eigenvalue weighted by Gasteiger charge is -2.33. The second-order valence-corrected chi connectivity index (χ2v) is 7.11. The quantitative estimate of drug-likeness (QED) is 0.331. The maximum absolute atomic E-state index is 6.12. The van der Waals surface area contributed by atoms with Gasteiger partial charge < -0.3 is 9.64 Å². The molecular weight excluding hydrogens is 397 g/mol. The van der Waals surface area contributed by atoms with E-state index in [1.165, 1.54) is 20.4 Å². The smallest absolute Gasteiger partial charge is 0.152 e. The highest BCUT2D eigenvalue weighted by atomic mass is 127. The third-order valence-electron chi connectivity index (χ3n) is 3.95. The molecular formula is C20H16INO. The lowest BCUT2D eigenvalue weighted by molar-refractivity contribution is 0.476. The molecule has 114 valence electrons. The van der Waals surface area contributed by atoms with E-state index in [4.69, 9.17) is 4.74 Å². The second-order valence-electron chi connectivity index (χ2n) is 5.86. The number of halogens is 1. The Hall–Kier alpha value is -2.01. The van der Waals surface area contributed by atoms with Crippen LogP contribution in [0, 0.1) is 17.4 Å². The molecule has 3 heteroatoms. The Labute approximate surface area is 149 Å². The fourth-order valence-electron chi connectivity index (χ4n) is 3.09. The Morgan fingerprint density at radius 3 is 2.26 bits per heavy atom. The number of benzene rings is 3. The lowest BCUT2D eigenvalue weighted by atomic mass is 10.1. The summed E-state index contributed by atoms with van der Waals surface area (Å²) in [5.74, 6) is 1.79. The van der Waals surface area contributed by atoms with Gasteiger partial charge in [-0.1, -0.05) is 18.2 Å². The monoisotopic (exact) mass is 413 g/mol. The van der Waals surface area contributed by atoms with Crippen LogP contribution >= 0.6 is 22.6 Å². The van der Waals surface area contributed by atoms with E-state index in [-0.39, 0.29) is 0 Å². The van der Waals surface area contributed by atoms with E-state index in [1.54, 1.807) is 0 Å². The molecule has 1 aliphatic heterocycles. The van der Waals surface area contributed by atoms with Gasteiger partial charge in [-0.3, -0.25) is 0 Å². The number of aryl methyl sites for hydroxylation is 2. The van der Waals surface area contributed by atoms with Crippen LogP contribution in [0.4, 0.5) is 17.1 Å². The molecule has 3 aromatic rings. The summed E-state index contributed by atoms with van der Waals surface area (Å²) in [5.41, 5.74) is 5.84. The van der Waals surface area contributed by atoms with Crippen molar-refractivity contribution < 1.29 is 4.74 Å². The summed E-state index contributed by atoms with van der Waals surface area (Å²) in [4.78, 5) is 2.28. The van der Waals surface area contributed by atoms with Crippen LogP contribution in [0.3, 0.4) is 0 Å². The molecule has 0 N–H and O–H groups in total. The van der Waals surface area contributed by atoms with Gasteiger partial charge in [-0.2, -0.15) is 0 Å². The Morgan fingerprint density at radius 2 is 1.48 bits per heavy atom. The maximum atomic E-state index is 6.12. The van der Waals surface area contributed by atoms with E-state index in [2.05, 4.69) is 89.9 Å². The minimum Gasteiger partial charge on any atom is -0.453 e. The Bertz CT molecular complexity index is 884. The minimum atomic E-state index is 0.890. The summed E-state index contributed by atoms with van der Waals surface area (Å²) in [6.45, 7) is 4.27. The number of nitrogens with zero attached hydrogens (tertiary/aromatic N) is 1. The van der Waals surface area contributed by atoms with Gasteiger partial charge in [0, 0.05) is 9.26 Å². The molecule has 0 spiro atoms. The van der Waals surface area contributed by atoms with Gasteiger partial charge in [-0.05, 0) is 90.0 Å². The summed E-state index contributed by atoms with van der Waals surface area (Å²) in [7, 11) is 0. The summed E-state index contributed by atoms with van der Waals surface area (Å²) in [6, 6.07) is 21.2. The summed E-state index contributed by atoms with van der Waals surface area (Å²) in [6.07, 6.45) is 0. The summed E-state index contributed by atoms with van der Waals surface area (Å²) in [5, 5.41) is 0. The number of ether oxygens (including phenoxy) is 1. The number of hydrogen-bond acceptors (Lipinski definition) is 2. The average Bonchev–Trinajstić information content (AvgIpc) is 2.51. The van der Waals surface area contributed by atoms with Gasteiger partial charge in [0.2, 0.25) is 0 Å². The largest absolute Gasteiger partial charge is 0.453 e. The zero-order chi connectivity index (χ0) is 16.0. The van der Waals surface area contributed by atoms with Crippen molar-refractivity contribution in [2.24, 2.45) is 0 Å². The Morgan fingerprint density at radius 1 is 0.783 bits per heavy atom. The van der Waals surface area contributed by atoms with Crippen LogP contribution in [0.1, 0.15) is 11.1 Å². The van der Waals surface area contributed by atoms with E-state index >= 15 is 0 Å². The Kier molecular flexibility index (Phi) is 3.53. The first-order valence-corrected chi connectivity index (χ1v) is 8.64. The van der Waals surface area contributed by atoms with E-state index in [0.717, 1.165) is 22.9 Å². The van der Waals surface area contributed by atoms with Crippen LogP contribution in [-0.4, -0.2) is 0 Å². The molecule has 0 atom stereocenters. The third kappa shape index (κ3) is 2.59. The first kappa shape index (κ1) is 14.6. The van der Waals surface area contributed by atoms with Crippen molar-refractivity contribution in [2.75, 3.05) is 4.90 Å². The maximum Gasteiger partial charge on any atom is 0.152 e. The molecule has 1 aliphatic rings. The summed E-state index contributed by atoms with van der Waals surface area (Å²) >= 11 is 2.32. The molecule has 2 nitrogen and oxygen atoms in total. The highest BCUT2D eigenvalue weighted by Gasteiger charge is 2.25. The van der Waals surface area contributed by atoms with Gasteiger partial charge >= 0.3 is 0 Å². The predicted octanol–water partition coefficient (Wildman–Crippen LogP) is 6.48. The molecule has 1 heterocycles. The van der Waals surface area contributed by atoms with E-state index in [0.29, 0.717) is 0 Å². The van der Waals surface area contributed by atoms with Gasteiger partial charge in [0.1, 0.15) is 0 Å². The zero-order valence-corrected chi connectivity index (χ0v) is 15.2. The topological polar surface area (TPSA) is 12.5 Å². The molecule has 0 saturated carbocycles. The lowest BCUT2D eigenvalue weighted by Crippen LogP contribution is -2.16. The van der Waals surface area contributed by atoms with Crippen LogP contribution in [0.25, 0.3) is 0 Å². The molecule has 0 radical (unpaired) electrons. The van der Waals surface area contributed by atoms with E-state index in [1.807, 2.05) is 12.1 Å². The standard InChI is InChI=1S/C20H16INO/c1-13-9-14(2)11-16(10-13)22-17-5-3-4-6-19(17)23-20-12-15(21)7-8-18(20)22/h3-12H,1-2H3. The van der Waals surface area contributed by atoms with Crippen molar-refractivity contribution in [3.05, 3.63) is 75.4 Å². The molecule has 0 fully saturated rings. The molecule has 3 aromatic carbocycles. The molecule has 0 saturated heterocycles. The van der Waals surface area contributed by atoms with Gasteiger partial charge in [0.05, 0.1) is 11.4 Å². The van der Waals surface area contributed by atoms with Gasteiger partial charge in [0.25, 0.3) is 0 Å². The van der Waals surface area contributed by atoms with Gasteiger partial charge in [-0.15, -0.1) is 0 Å². The first-order chi connectivity index (χ1) is 11.1. The van der Waals surface area contributed by atoms with Crippen LogP contribution in [0.2, 0.25) is 0 Å². The minimum absolute atomic E-state index is 0.890. The van der Waals surface area contributed by atoms with Crippen LogP contribution in [-0.2, 0) is 0 Å². The SMILES string of the molecule is Cc1cc(C)cc(N2c3ccccc3Oc3cc(I)ccc32)c1. The third-order valence-corrected chi connectivity index (χ3v) is 4.62. The normalized spacial score (nSPS) is 12.4. The Balaban J connectivity index is 1.98. The van der Waals surface area contributed by atoms with Crippen molar-refractivity contribution in [2.45, 2.75) is 13.8 Å². The fourth-order valence-corrected chi connectivity index (χ4v) is 3.55. The van der Waals surface area contributed by atoms with Crippen molar-refractivity contribution in [3.63, 3.8) is 0 Å². The number of fused-ring (bicyclic) bond motifs is 2. The highest BCUT2D eigenvalue weighted by Crippen LogP contribution is 2.50. The number of hydrogen-bond donors (Lipinski definition) is 0. The van der Waals surface area contributed by atoms with Crippen molar-refractivity contribution >= 4 is 39.7 Å². The molecule has 23 heavy (non-hydrogen) atoms.